The molecule has 7 nitrogen and oxygen atoms in total. The van der Waals surface area contributed by atoms with Crippen LogP contribution in [0.1, 0.15) is 24.0 Å². The quantitative estimate of drug-likeness (QED) is 0.159. The van der Waals surface area contributed by atoms with Crippen molar-refractivity contribution in [2.75, 3.05) is 36.8 Å². The zero-order valence-electron chi connectivity index (χ0n) is 24.8. The molecule has 0 bridgehead atoms. The minimum atomic E-state index is -0.225. The van der Waals surface area contributed by atoms with Gasteiger partial charge in [-0.15, -0.1) is 0 Å². The van der Waals surface area contributed by atoms with Crippen LogP contribution in [0.25, 0.3) is 22.1 Å². The summed E-state index contributed by atoms with van der Waals surface area (Å²) in [4.78, 5) is 12.3. The molecule has 0 unspecified atom stereocenters. The molecule has 0 radical (unpaired) electrons. The van der Waals surface area contributed by atoms with Gasteiger partial charge in [-0.05, 0) is 72.5 Å². The van der Waals surface area contributed by atoms with Gasteiger partial charge in [0.05, 0.1) is 45.2 Å². The van der Waals surface area contributed by atoms with Gasteiger partial charge < -0.3 is 24.7 Å². The summed E-state index contributed by atoms with van der Waals surface area (Å²) in [5.74, 6) is 1.48. The Balaban J connectivity index is 0.972. The van der Waals surface area contributed by atoms with Crippen molar-refractivity contribution in [3.8, 4) is 0 Å². The fourth-order valence-electron chi connectivity index (χ4n) is 6.12. The number of halogens is 3. The van der Waals surface area contributed by atoms with Gasteiger partial charge in [0.1, 0.15) is 5.82 Å². The van der Waals surface area contributed by atoms with E-state index in [1.54, 1.807) is 0 Å². The monoisotopic (exact) mass is 641 g/mol. The molecule has 6 aromatic rings. The number of imidazole rings is 2. The number of hydrogen-bond acceptors (Lipinski definition) is 5. The zero-order valence-corrected chi connectivity index (χ0v) is 26.3. The van der Waals surface area contributed by atoms with Crippen molar-refractivity contribution in [1.29, 1.82) is 0 Å². The summed E-state index contributed by atoms with van der Waals surface area (Å²) in [5, 5.41) is 8.43. The van der Waals surface area contributed by atoms with Gasteiger partial charge in [-0.3, -0.25) is 0 Å². The lowest BCUT2D eigenvalue weighted by Crippen LogP contribution is -2.41. The lowest BCUT2D eigenvalue weighted by Gasteiger charge is -2.32. The van der Waals surface area contributed by atoms with Crippen molar-refractivity contribution < 1.29 is 4.39 Å². The standard InChI is InChI=1S/C35H34Cl2FN7/c36-28-14-11-25(21-29(28)37)23-44-32-7-3-1-5-30(32)41-34(44)39-17-20-43-18-15-27(16-19-43)40-35-42-31-6-2-4-8-33(31)45(35)22-24-9-12-26(38)13-10-24/h1-14,21,27H,15-20,22-23H2,(H,39,41)(H,40,42). The number of fused-ring (bicyclic) bond motifs is 2. The molecule has 2 N–H and O–H groups in total. The Kier molecular flexibility index (Phi) is 8.61. The third kappa shape index (κ3) is 6.64. The van der Waals surface area contributed by atoms with Crippen molar-refractivity contribution in [1.82, 2.24) is 24.0 Å². The predicted octanol–water partition coefficient (Wildman–Crippen LogP) is 7.92. The van der Waals surface area contributed by atoms with Crippen LogP contribution < -0.4 is 10.6 Å². The number of aromatic nitrogens is 4. The fraction of sp³-hybridized carbons (Fsp3) is 0.257. The molecule has 3 heterocycles. The molecule has 1 aliphatic rings. The van der Waals surface area contributed by atoms with Crippen LogP contribution in [0, 0.1) is 5.82 Å². The first-order chi connectivity index (χ1) is 22.0. The number of benzene rings is 4. The van der Waals surface area contributed by atoms with Crippen LogP contribution in [-0.2, 0) is 13.1 Å². The Morgan fingerprint density at radius 1 is 0.711 bits per heavy atom. The molecular weight excluding hydrogens is 608 g/mol. The van der Waals surface area contributed by atoms with E-state index >= 15 is 0 Å². The molecule has 1 fully saturated rings. The Morgan fingerprint density at radius 2 is 1.31 bits per heavy atom. The average molecular weight is 643 g/mol. The van der Waals surface area contributed by atoms with Crippen molar-refractivity contribution in [2.45, 2.75) is 32.0 Å². The lowest BCUT2D eigenvalue weighted by atomic mass is 10.1. The maximum absolute atomic E-state index is 13.5. The highest BCUT2D eigenvalue weighted by molar-refractivity contribution is 6.42. The van der Waals surface area contributed by atoms with E-state index in [0.29, 0.717) is 29.2 Å². The van der Waals surface area contributed by atoms with E-state index in [2.05, 4.69) is 36.8 Å². The molecule has 2 aromatic heterocycles. The summed E-state index contributed by atoms with van der Waals surface area (Å²) < 4.78 is 17.9. The second-order valence-electron chi connectivity index (χ2n) is 11.6. The average Bonchev–Trinajstić information content (AvgIpc) is 3.58. The molecule has 4 aromatic carbocycles. The topological polar surface area (TPSA) is 62.9 Å². The first-order valence-corrected chi connectivity index (χ1v) is 16.1. The number of nitrogens with one attached hydrogen (secondary N) is 2. The highest BCUT2D eigenvalue weighted by atomic mass is 35.5. The summed E-state index contributed by atoms with van der Waals surface area (Å²) in [6.45, 7) is 4.97. The number of rotatable bonds is 10. The number of para-hydroxylation sites is 4. The van der Waals surface area contributed by atoms with E-state index in [4.69, 9.17) is 33.2 Å². The minimum Gasteiger partial charge on any atom is -0.354 e. The largest absolute Gasteiger partial charge is 0.354 e. The van der Waals surface area contributed by atoms with E-state index in [1.165, 1.54) is 12.1 Å². The van der Waals surface area contributed by atoms with Gasteiger partial charge in [-0.1, -0.05) is 65.7 Å². The van der Waals surface area contributed by atoms with Crippen LogP contribution in [-0.4, -0.2) is 56.2 Å². The normalized spacial score (nSPS) is 14.4. The molecule has 1 saturated heterocycles. The molecule has 0 spiro atoms. The summed E-state index contributed by atoms with van der Waals surface area (Å²) >= 11 is 12.5. The Labute approximate surface area is 271 Å². The van der Waals surface area contributed by atoms with Gasteiger partial charge in [-0.25, -0.2) is 14.4 Å². The maximum atomic E-state index is 13.5. The van der Waals surface area contributed by atoms with Crippen LogP contribution in [0.2, 0.25) is 10.0 Å². The van der Waals surface area contributed by atoms with Crippen molar-refractivity contribution >= 4 is 57.2 Å². The van der Waals surface area contributed by atoms with Gasteiger partial charge in [0.25, 0.3) is 0 Å². The molecule has 0 amide bonds. The van der Waals surface area contributed by atoms with Crippen LogP contribution in [0.3, 0.4) is 0 Å². The third-order valence-corrected chi connectivity index (χ3v) is 9.26. The molecule has 0 atom stereocenters. The van der Waals surface area contributed by atoms with E-state index in [9.17, 15) is 4.39 Å². The fourth-order valence-corrected chi connectivity index (χ4v) is 6.44. The molecule has 1 aliphatic heterocycles. The van der Waals surface area contributed by atoms with E-state index < -0.39 is 0 Å². The number of anilines is 2. The summed E-state index contributed by atoms with van der Waals surface area (Å²) in [6, 6.07) is 29.1. The molecule has 230 valence electrons. The summed E-state index contributed by atoms with van der Waals surface area (Å²) in [5.41, 5.74) is 6.15. The highest BCUT2D eigenvalue weighted by Crippen LogP contribution is 2.27. The molecule has 45 heavy (non-hydrogen) atoms. The number of nitrogens with zero attached hydrogens (tertiary/aromatic N) is 5. The Hall–Kier alpha value is -4.11. The van der Waals surface area contributed by atoms with Crippen molar-refractivity contribution in [3.05, 3.63) is 118 Å². The van der Waals surface area contributed by atoms with Gasteiger partial charge >= 0.3 is 0 Å². The first-order valence-electron chi connectivity index (χ1n) is 15.3. The smallest absolute Gasteiger partial charge is 0.204 e. The first kappa shape index (κ1) is 29.6. The number of piperidine rings is 1. The highest BCUT2D eigenvalue weighted by Gasteiger charge is 2.22. The van der Waals surface area contributed by atoms with Gasteiger partial charge in [0, 0.05) is 32.2 Å². The Morgan fingerprint density at radius 3 is 2.00 bits per heavy atom. The van der Waals surface area contributed by atoms with Crippen molar-refractivity contribution in [2.24, 2.45) is 0 Å². The van der Waals surface area contributed by atoms with E-state index in [0.717, 1.165) is 84.1 Å². The summed E-state index contributed by atoms with van der Waals surface area (Å²) in [6.07, 6.45) is 2.05. The SMILES string of the molecule is Fc1ccc(Cn2c(NC3CCN(CCNc4nc5ccccc5n4Cc4ccc(Cl)c(Cl)c4)CC3)nc3ccccc32)cc1. The van der Waals surface area contributed by atoms with E-state index in [-0.39, 0.29) is 5.82 Å². The second kappa shape index (κ2) is 13.1. The lowest BCUT2D eigenvalue weighted by molar-refractivity contribution is 0.226. The number of hydrogen-bond donors (Lipinski definition) is 2. The zero-order chi connectivity index (χ0) is 30.8. The molecular formula is C35H34Cl2FN7. The van der Waals surface area contributed by atoms with Crippen LogP contribution in [0.15, 0.2) is 91.0 Å². The van der Waals surface area contributed by atoms with E-state index in [1.807, 2.05) is 66.7 Å². The molecule has 7 rings (SSSR count). The van der Waals surface area contributed by atoms with Gasteiger partial charge in [0.15, 0.2) is 0 Å². The van der Waals surface area contributed by atoms with Crippen LogP contribution >= 0.6 is 23.2 Å². The maximum Gasteiger partial charge on any atom is 0.204 e. The van der Waals surface area contributed by atoms with Crippen molar-refractivity contribution in [3.63, 3.8) is 0 Å². The molecule has 0 saturated carbocycles. The van der Waals surface area contributed by atoms with Crippen LogP contribution in [0.5, 0.6) is 0 Å². The summed E-state index contributed by atoms with van der Waals surface area (Å²) in [7, 11) is 0. The predicted molar refractivity (Wildman–Crippen MR) is 182 cm³/mol. The molecule has 10 heteroatoms. The van der Waals surface area contributed by atoms with Gasteiger partial charge in [-0.2, -0.15) is 0 Å². The Bertz CT molecular complexity index is 1930. The van der Waals surface area contributed by atoms with Crippen LogP contribution in [0.4, 0.5) is 16.3 Å². The minimum absolute atomic E-state index is 0.225. The number of likely N-dealkylation sites (tertiary alicyclic amines) is 1. The van der Waals surface area contributed by atoms with Gasteiger partial charge in [0.2, 0.25) is 11.9 Å². The second-order valence-corrected chi connectivity index (χ2v) is 12.4. The third-order valence-electron chi connectivity index (χ3n) is 8.52. The molecule has 0 aliphatic carbocycles.